The number of hydrogen-bond donors (Lipinski definition) is 0. The van der Waals surface area contributed by atoms with Gasteiger partial charge < -0.3 is 14.5 Å². The number of carbonyl (C=O) groups is 1. The van der Waals surface area contributed by atoms with Gasteiger partial charge in [-0.3, -0.25) is 4.79 Å². The molecular weight excluding hydrogens is 312 g/mol. The van der Waals surface area contributed by atoms with E-state index < -0.39 is 0 Å². The first-order chi connectivity index (χ1) is 12.1. The number of hydrogen-bond acceptors (Lipinski definition) is 4. The fourth-order valence-electron chi connectivity index (χ4n) is 5.00. The molecule has 0 amide bonds. The molecule has 0 N–H and O–H groups in total. The van der Waals surface area contributed by atoms with Crippen molar-refractivity contribution in [3.63, 3.8) is 0 Å². The summed E-state index contributed by atoms with van der Waals surface area (Å²) in [7, 11) is 0. The summed E-state index contributed by atoms with van der Waals surface area (Å²) < 4.78 is 5.67. The lowest BCUT2D eigenvalue weighted by Crippen LogP contribution is -2.72. The van der Waals surface area contributed by atoms with Crippen molar-refractivity contribution in [1.82, 2.24) is 4.90 Å². The van der Waals surface area contributed by atoms with E-state index in [9.17, 15) is 4.79 Å². The second kappa shape index (κ2) is 6.31. The first-order valence-electron chi connectivity index (χ1n) is 9.81. The molecule has 3 heterocycles. The molecule has 0 aromatic heterocycles. The van der Waals surface area contributed by atoms with Gasteiger partial charge in [-0.05, 0) is 31.4 Å². The van der Waals surface area contributed by atoms with Crippen molar-refractivity contribution >= 4 is 11.7 Å². The van der Waals surface area contributed by atoms with Crippen molar-refractivity contribution in [2.24, 2.45) is 10.8 Å². The van der Waals surface area contributed by atoms with E-state index in [-0.39, 0.29) is 17.5 Å². The molecule has 136 valence electrons. The van der Waals surface area contributed by atoms with Gasteiger partial charge >= 0.3 is 5.97 Å². The SMILES string of the molecule is CCC1(CC)C[C@@H](CCN2CC3(C2)CN(c2ccccc2)C3)OC1=O. The number of esters is 1. The fraction of sp³-hybridized carbons (Fsp3) is 0.667. The van der Waals surface area contributed by atoms with Gasteiger partial charge in [-0.2, -0.15) is 0 Å². The fourth-order valence-corrected chi connectivity index (χ4v) is 5.00. The molecule has 0 saturated carbocycles. The third-order valence-electron chi connectivity index (χ3n) is 6.74. The molecule has 0 unspecified atom stereocenters. The number of anilines is 1. The number of likely N-dealkylation sites (tertiary alicyclic amines) is 1. The lowest BCUT2D eigenvalue weighted by Gasteiger charge is -2.61. The molecule has 3 saturated heterocycles. The smallest absolute Gasteiger partial charge is 0.312 e. The highest BCUT2D eigenvalue weighted by molar-refractivity contribution is 5.78. The molecule has 25 heavy (non-hydrogen) atoms. The second-order valence-corrected chi connectivity index (χ2v) is 8.41. The van der Waals surface area contributed by atoms with Crippen molar-refractivity contribution in [3.8, 4) is 0 Å². The summed E-state index contributed by atoms with van der Waals surface area (Å²) in [5.74, 6) is 0.0417. The molecule has 4 heteroatoms. The molecule has 3 aliphatic heterocycles. The van der Waals surface area contributed by atoms with E-state index in [1.54, 1.807) is 0 Å². The van der Waals surface area contributed by atoms with Crippen LogP contribution in [0.3, 0.4) is 0 Å². The van der Waals surface area contributed by atoms with Gasteiger partial charge in [0.1, 0.15) is 6.10 Å². The van der Waals surface area contributed by atoms with Crippen molar-refractivity contribution in [2.45, 2.75) is 45.6 Å². The zero-order valence-electron chi connectivity index (χ0n) is 15.5. The van der Waals surface area contributed by atoms with E-state index in [1.165, 1.54) is 31.9 Å². The van der Waals surface area contributed by atoms with E-state index >= 15 is 0 Å². The molecule has 1 spiro atoms. The Labute approximate surface area is 151 Å². The third-order valence-corrected chi connectivity index (χ3v) is 6.74. The minimum absolute atomic E-state index is 0.0417. The number of para-hydroxylation sites is 1. The molecule has 1 aromatic rings. The van der Waals surface area contributed by atoms with Gasteiger partial charge in [-0.25, -0.2) is 0 Å². The molecule has 4 nitrogen and oxygen atoms in total. The number of cyclic esters (lactones) is 1. The highest BCUT2D eigenvalue weighted by Gasteiger charge is 2.52. The van der Waals surface area contributed by atoms with Crippen LogP contribution in [0.25, 0.3) is 0 Å². The van der Waals surface area contributed by atoms with E-state index in [0.717, 1.165) is 32.2 Å². The lowest BCUT2D eigenvalue weighted by atomic mass is 9.72. The van der Waals surface area contributed by atoms with Gasteiger partial charge in [0.05, 0.1) is 5.41 Å². The van der Waals surface area contributed by atoms with Crippen LogP contribution < -0.4 is 4.90 Å². The topological polar surface area (TPSA) is 32.8 Å². The molecular formula is C21H30N2O2. The van der Waals surface area contributed by atoms with Crippen molar-refractivity contribution < 1.29 is 9.53 Å². The van der Waals surface area contributed by atoms with Crippen LogP contribution >= 0.6 is 0 Å². The molecule has 0 aliphatic carbocycles. The highest BCUT2D eigenvalue weighted by atomic mass is 16.6. The summed E-state index contributed by atoms with van der Waals surface area (Å²) in [5, 5.41) is 0. The third kappa shape index (κ3) is 2.95. The molecule has 4 rings (SSSR count). The highest BCUT2D eigenvalue weighted by Crippen LogP contribution is 2.43. The predicted molar refractivity (Wildman–Crippen MR) is 99.7 cm³/mol. The molecule has 0 radical (unpaired) electrons. The summed E-state index contributed by atoms with van der Waals surface area (Å²) in [6.07, 6.45) is 3.85. The molecule has 3 aliphatic rings. The Kier molecular flexibility index (Phi) is 4.27. The summed E-state index contributed by atoms with van der Waals surface area (Å²) >= 11 is 0. The summed E-state index contributed by atoms with van der Waals surface area (Å²) in [6, 6.07) is 10.7. The maximum Gasteiger partial charge on any atom is 0.312 e. The van der Waals surface area contributed by atoms with Gasteiger partial charge in [0.2, 0.25) is 0 Å². The van der Waals surface area contributed by atoms with Crippen LogP contribution in [0, 0.1) is 10.8 Å². The van der Waals surface area contributed by atoms with Gasteiger partial charge in [0, 0.05) is 50.2 Å². The van der Waals surface area contributed by atoms with Crippen LogP contribution in [0.4, 0.5) is 5.69 Å². The number of carbonyl (C=O) groups excluding carboxylic acids is 1. The Hall–Kier alpha value is -1.55. The van der Waals surface area contributed by atoms with Crippen LogP contribution in [0.15, 0.2) is 30.3 Å². The van der Waals surface area contributed by atoms with Gasteiger partial charge in [-0.15, -0.1) is 0 Å². The minimum Gasteiger partial charge on any atom is -0.462 e. The Morgan fingerprint density at radius 3 is 2.36 bits per heavy atom. The van der Waals surface area contributed by atoms with Crippen molar-refractivity contribution in [1.29, 1.82) is 0 Å². The van der Waals surface area contributed by atoms with E-state index in [1.807, 2.05) is 0 Å². The monoisotopic (exact) mass is 342 g/mol. The van der Waals surface area contributed by atoms with Crippen LogP contribution in [-0.4, -0.2) is 49.7 Å². The number of ether oxygens (including phenoxy) is 1. The van der Waals surface area contributed by atoms with E-state index in [4.69, 9.17) is 4.74 Å². The van der Waals surface area contributed by atoms with Crippen molar-refractivity contribution in [2.75, 3.05) is 37.6 Å². The predicted octanol–water partition coefficient (Wildman–Crippen LogP) is 3.32. The van der Waals surface area contributed by atoms with Gasteiger partial charge in [0.15, 0.2) is 0 Å². The maximum absolute atomic E-state index is 12.2. The Bertz CT molecular complexity index is 612. The molecule has 1 aromatic carbocycles. The van der Waals surface area contributed by atoms with Crippen LogP contribution in [0.2, 0.25) is 0 Å². The van der Waals surface area contributed by atoms with Crippen molar-refractivity contribution in [3.05, 3.63) is 30.3 Å². The quantitative estimate of drug-likeness (QED) is 0.743. The summed E-state index contributed by atoms with van der Waals surface area (Å²) in [4.78, 5) is 17.2. The van der Waals surface area contributed by atoms with Gasteiger partial charge in [-0.1, -0.05) is 32.0 Å². The largest absolute Gasteiger partial charge is 0.462 e. The summed E-state index contributed by atoms with van der Waals surface area (Å²) in [5.41, 5.74) is 1.66. The number of nitrogens with zero attached hydrogens (tertiary/aromatic N) is 2. The Balaban J connectivity index is 1.20. The van der Waals surface area contributed by atoms with E-state index in [0.29, 0.717) is 5.41 Å². The number of benzene rings is 1. The zero-order valence-corrected chi connectivity index (χ0v) is 15.5. The molecule has 3 fully saturated rings. The Morgan fingerprint density at radius 2 is 1.76 bits per heavy atom. The zero-order chi connectivity index (χ0) is 17.5. The molecule has 0 bridgehead atoms. The Morgan fingerprint density at radius 1 is 1.08 bits per heavy atom. The second-order valence-electron chi connectivity index (χ2n) is 8.41. The molecule has 1 atom stereocenters. The summed E-state index contributed by atoms with van der Waals surface area (Å²) in [6.45, 7) is 10.0. The lowest BCUT2D eigenvalue weighted by molar-refractivity contribution is -0.149. The standard InChI is InChI=1S/C21H30N2O2/c1-3-21(4-2)12-18(25-19(21)24)10-11-22-13-20(14-22)15-23(16-20)17-8-6-5-7-9-17/h5-9,18H,3-4,10-16H2,1-2H3/t18-/m1/s1. The van der Waals surface area contributed by atoms with Gasteiger partial charge in [0.25, 0.3) is 0 Å². The van der Waals surface area contributed by atoms with E-state index in [2.05, 4.69) is 54.0 Å². The first kappa shape index (κ1) is 16.9. The number of rotatable bonds is 6. The average Bonchev–Trinajstić information content (AvgIpc) is 2.89. The van der Waals surface area contributed by atoms with Crippen LogP contribution in [0.1, 0.15) is 39.5 Å². The minimum atomic E-state index is -0.203. The van der Waals surface area contributed by atoms with Crippen LogP contribution in [-0.2, 0) is 9.53 Å². The first-order valence-corrected chi connectivity index (χ1v) is 9.81. The average molecular weight is 342 g/mol. The normalized spacial score (nSPS) is 27.0. The maximum atomic E-state index is 12.2. The van der Waals surface area contributed by atoms with Crippen LogP contribution in [0.5, 0.6) is 0 Å².